The van der Waals surface area contributed by atoms with Gasteiger partial charge < -0.3 is 9.16 Å². The standard InChI is InChI=1S/C18H30O3Si/c1-7-22(8-2,18(4,5)6)21-12-11-20-17-10-9-16(14-19)13-15(17)3/h9-10,13-14H,7-8,11-12H2,1-6H3. The van der Waals surface area contributed by atoms with Gasteiger partial charge in [-0.15, -0.1) is 0 Å². The maximum atomic E-state index is 10.7. The number of hydrogen-bond donors (Lipinski definition) is 0. The van der Waals surface area contributed by atoms with E-state index in [1.807, 2.05) is 19.1 Å². The van der Waals surface area contributed by atoms with Crippen molar-refractivity contribution >= 4 is 14.6 Å². The number of aryl methyl sites for hydroxylation is 1. The van der Waals surface area contributed by atoms with E-state index in [4.69, 9.17) is 9.16 Å². The van der Waals surface area contributed by atoms with Crippen molar-refractivity contribution in [2.24, 2.45) is 0 Å². The van der Waals surface area contributed by atoms with Crippen LogP contribution < -0.4 is 4.74 Å². The van der Waals surface area contributed by atoms with Crippen LogP contribution in [0.3, 0.4) is 0 Å². The Morgan fingerprint density at radius 1 is 1.14 bits per heavy atom. The zero-order valence-electron chi connectivity index (χ0n) is 14.9. The van der Waals surface area contributed by atoms with E-state index in [2.05, 4.69) is 34.6 Å². The van der Waals surface area contributed by atoms with E-state index in [1.54, 1.807) is 6.07 Å². The van der Waals surface area contributed by atoms with Gasteiger partial charge in [0, 0.05) is 5.56 Å². The quantitative estimate of drug-likeness (QED) is 0.384. The monoisotopic (exact) mass is 322 g/mol. The van der Waals surface area contributed by atoms with Crippen LogP contribution in [-0.2, 0) is 4.43 Å². The molecule has 0 fully saturated rings. The summed E-state index contributed by atoms with van der Waals surface area (Å²) >= 11 is 0. The predicted octanol–water partition coefficient (Wildman–Crippen LogP) is 4.99. The molecule has 0 saturated heterocycles. The molecular formula is C18H30O3Si. The number of carbonyl (C=O) groups is 1. The topological polar surface area (TPSA) is 35.5 Å². The second-order valence-corrected chi connectivity index (χ2v) is 12.0. The molecule has 0 aliphatic heterocycles. The van der Waals surface area contributed by atoms with Crippen molar-refractivity contribution in [3.63, 3.8) is 0 Å². The molecule has 0 spiro atoms. The van der Waals surface area contributed by atoms with E-state index in [-0.39, 0.29) is 5.04 Å². The Morgan fingerprint density at radius 2 is 1.77 bits per heavy atom. The minimum atomic E-state index is -1.74. The molecule has 0 radical (unpaired) electrons. The van der Waals surface area contributed by atoms with Crippen molar-refractivity contribution in [1.29, 1.82) is 0 Å². The van der Waals surface area contributed by atoms with E-state index >= 15 is 0 Å². The van der Waals surface area contributed by atoms with Crippen LogP contribution in [0.2, 0.25) is 17.1 Å². The fourth-order valence-electron chi connectivity index (χ4n) is 3.03. The molecule has 124 valence electrons. The average Bonchev–Trinajstić information content (AvgIpc) is 2.47. The molecule has 0 unspecified atom stereocenters. The molecule has 0 bridgehead atoms. The molecule has 0 heterocycles. The smallest absolute Gasteiger partial charge is 0.197 e. The maximum absolute atomic E-state index is 10.7. The normalized spacial score (nSPS) is 12.3. The summed E-state index contributed by atoms with van der Waals surface area (Å²) in [7, 11) is -1.74. The Labute approximate surface area is 136 Å². The van der Waals surface area contributed by atoms with Crippen LogP contribution in [-0.4, -0.2) is 27.8 Å². The fourth-order valence-corrected chi connectivity index (χ4v) is 6.96. The third-order valence-electron chi connectivity index (χ3n) is 4.56. The van der Waals surface area contributed by atoms with Gasteiger partial charge in [0.2, 0.25) is 0 Å². The fraction of sp³-hybridized carbons (Fsp3) is 0.611. The molecule has 4 heteroatoms. The first-order chi connectivity index (χ1) is 10.3. The molecule has 0 amide bonds. The Hall–Kier alpha value is -1.13. The van der Waals surface area contributed by atoms with Crippen LogP contribution in [0.15, 0.2) is 18.2 Å². The van der Waals surface area contributed by atoms with Gasteiger partial charge in [0.15, 0.2) is 8.32 Å². The third kappa shape index (κ3) is 4.43. The highest BCUT2D eigenvalue weighted by Gasteiger charge is 2.43. The van der Waals surface area contributed by atoms with E-state index < -0.39 is 8.32 Å². The van der Waals surface area contributed by atoms with E-state index in [9.17, 15) is 4.79 Å². The van der Waals surface area contributed by atoms with Crippen molar-refractivity contribution in [1.82, 2.24) is 0 Å². The SMILES string of the molecule is CC[Si](CC)(OCCOc1ccc(C=O)cc1C)C(C)(C)C. The Kier molecular flexibility index (Phi) is 6.82. The summed E-state index contributed by atoms with van der Waals surface area (Å²) < 4.78 is 12.2. The summed E-state index contributed by atoms with van der Waals surface area (Å²) in [5.41, 5.74) is 1.66. The zero-order chi connectivity index (χ0) is 16.8. The number of hydrogen-bond acceptors (Lipinski definition) is 3. The Balaban J connectivity index is 2.59. The molecule has 3 nitrogen and oxygen atoms in total. The highest BCUT2D eigenvalue weighted by Crippen LogP contribution is 2.42. The Bertz CT molecular complexity index is 488. The number of benzene rings is 1. The van der Waals surface area contributed by atoms with E-state index in [1.165, 1.54) is 0 Å². The molecule has 1 aromatic carbocycles. The van der Waals surface area contributed by atoms with Crippen LogP contribution in [0.25, 0.3) is 0 Å². The summed E-state index contributed by atoms with van der Waals surface area (Å²) in [5.74, 6) is 0.824. The number of rotatable bonds is 8. The first-order valence-electron chi connectivity index (χ1n) is 8.12. The third-order valence-corrected chi connectivity index (χ3v) is 10.3. The van der Waals surface area contributed by atoms with Crippen LogP contribution in [0.4, 0.5) is 0 Å². The van der Waals surface area contributed by atoms with Gasteiger partial charge in [-0.25, -0.2) is 0 Å². The molecular weight excluding hydrogens is 292 g/mol. The van der Waals surface area contributed by atoms with Crippen molar-refractivity contribution in [3.05, 3.63) is 29.3 Å². The summed E-state index contributed by atoms with van der Waals surface area (Å²) in [5, 5.41) is 0.234. The van der Waals surface area contributed by atoms with Crippen molar-refractivity contribution < 1.29 is 14.0 Å². The van der Waals surface area contributed by atoms with E-state index in [0.29, 0.717) is 18.8 Å². The van der Waals surface area contributed by atoms with Crippen molar-refractivity contribution in [3.8, 4) is 5.75 Å². The lowest BCUT2D eigenvalue weighted by molar-refractivity contribution is 0.112. The average molecular weight is 323 g/mol. The summed E-state index contributed by atoms with van der Waals surface area (Å²) in [6, 6.07) is 7.73. The second kappa shape index (κ2) is 7.93. The second-order valence-electron chi connectivity index (χ2n) is 6.79. The molecule has 1 aromatic rings. The van der Waals surface area contributed by atoms with Gasteiger partial charge in [-0.05, 0) is 47.8 Å². The van der Waals surface area contributed by atoms with Gasteiger partial charge in [-0.2, -0.15) is 0 Å². The molecule has 0 atom stereocenters. The van der Waals surface area contributed by atoms with Gasteiger partial charge in [0.1, 0.15) is 18.6 Å². The number of carbonyl (C=O) groups excluding carboxylic acids is 1. The van der Waals surface area contributed by atoms with Gasteiger partial charge in [0.25, 0.3) is 0 Å². The van der Waals surface area contributed by atoms with Crippen molar-refractivity contribution in [2.45, 2.75) is 58.7 Å². The maximum Gasteiger partial charge on any atom is 0.197 e. The molecule has 0 saturated carbocycles. The van der Waals surface area contributed by atoms with E-state index in [0.717, 1.165) is 29.7 Å². The van der Waals surface area contributed by atoms with Gasteiger partial charge in [-0.1, -0.05) is 34.6 Å². The molecule has 22 heavy (non-hydrogen) atoms. The van der Waals surface area contributed by atoms with Gasteiger partial charge in [-0.3, -0.25) is 4.79 Å². The summed E-state index contributed by atoms with van der Waals surface area (Å²) in [6.45, 7) is 14.5. The summed E-state index contributed by atoms with van der Waals surface area (Å²) in [6.07, 6.45) is 0.853. The highest BCUT2D eigenvalue weighted by molar-refractivity contribution is 6.76. The van der Waals surface area contributed by atoms with Crippen molar-refractivity contribution in [2.75, 3.05) is 13.2 Å². The molecule has 0 aliphatic carbocycles. The lowest BCUT2D eigenvalue weighted by atomic mass is 10.1. The first kappa shape index (κ1) is 18.9. The minimum Gasteiger partial charge on any atom is -0.491 e. The predicted molar refractivity (Wildman–Crippen MR) is 94.4 cm³/mol. The molecule has 0 aliphatic rings. The summed E-state index contributed by atoms with van der Waals surface area (Å²) in [4.78, 5) is 10.7. The minimum absolute atomic E-state index is 0.234. The van der Waals surface area contributed by atoms with Crippen LogP contribution in [0, 0.1) is 6.92 Å². The number of aldehydes is 1. The first-order valence-corrected chi connectivity index (χ1v) is 10.4. The van der Waals surface area contributed by atoms with Gasteiger partial charge in [0.05, 0.1) is 6.61 Å². The van der Waals surface area contributed by atoms with Crippen LogP contribution >= 0.6 is 0 Å². The van der Waals surface area contributed by atoms with Crippen LogP contribution in [0.5, 0.6) is 5.75 Å². The molecule has 1 rings (SSSR count). The molecule has 0 N–H and O–H groups in total. The Morgan fingerprint density at radius 3 is 2.23 bits per heavy atom. The lowest BCUT2D eigenvalue weighted by Crippen LogP contribution is -2.46. The highest BCUT2D eigenvalue weighted by atomic mass is 28.4. The largest absolute Gasteiger partial charge is 0.491 e. The molecule has 0 aromatic heterocycles. The van der Waals surface area contributed by atoms with Crippen LogP contribution in [0.1, 0.15) is 50.5 Å². The number of ether oxygens (including phenoxy) is 1. The van der Waals surface area contributed by atoms with Gasteiger partial charge >= 0.3 is 0 Å². The lowest BCUT2D eigenvalue weighted by Gasteiger charge is -2.41. The zero-order valence-corrected chi connectivity index (χ0v) is 15.9.